The van der Waals surface area contributed by atoms with E-state index in [1.807, 2.05) is 0 Å². The fraction of sp³-hybridized carbons (Fsp3) is 0.500. The molecule has 0 bridgehead atoms. The van der Waals surface area contributed by atoms with Crippen molar-refractivity contribution in [3.05, 3.63) is 28.8 Å². The highest BCUT2D eigenvalue weighted by Crippen LogP contribution is 2.30. The van der Waals surface area contributed by atoms with Gasteiger partial charge in [-0.15, -0.1) is 0 Å². The molecule has 2 saturated heterocycles. The van der Waals surface area contributed by atoms with Crippen LogP contribution in [-0.2, 0) is 14.3 Å². The van der Waals surface area contributed by atoms with Gasteiger partial charge in [-0.2, -0.15) is 0 Å². The molecule has 0 radical (unpaired) electrons. The number of esters is 1. The third-order valence-electron chi connectivity index (χ3n) is 4.60. The van der Waals surface area contributed by atoms with Crippen LogP contribution in [0.1, 0.15) is 43.0 Å². The van der Waals surface area contributed by atoms with E-state index in [9.17, 15) is 14.4 Å². The summed E-state index contributed by atoms with van der Waals surface area (Å²) in [5.41, 5.74) is 0.789. The zero-order chi connectivity index (χ0) is 18.0. The Morgan fingerprint density at radius 3 is 2.52 bits per heavy atom. The maximum Gasteiger partial charge on any atom is 0.338 e. The van der Waals surface area contributed by atoms with Crippen molar-refractivity contribution in [2.45, 2.75) is 38.7 Å². The minimum absolute atomic E-state index is 0.00926. The molecule has 0 aromatic heterocycles. The minimum Gasteiger partial charge on any atom is -0.449 e. The predicted octanol–water partition coefficient (Wildman–Crippen LogP) is 2.63. The number of benzene rings is 1. The van der Waals surface area contributed by atoms with Gasteiger partial charge in [0, 0.05) is 26.1 Å². The third-order valence-corrected chi connectivity index (χ3v) is 4.91. The number of likely N-dealkylation sites (tertiary alicyclic amines) is 1. The summed E-state index contributed by atoms with van der Waals surface area (Å²) in [6.07, 6.45) is 2.38. The summed E-state index contributed by atoms with van der Waals surface area (Å²) in [6.45, 7) is 3.59. The first-order valence-electron chi connectivity index (χ1n) is 8.57. The summed E-state index contributed by atoms with van der Waals surface area (Å²) in [6, 6.07) is 4.68. The van der Waals surface area contributed by atoms with Gasteiger partial charge in [-0.3, -0.25) is 9.59 Å². The molecule has 2 aliphatic rings. The molecule has 6 nitrogen and oxygen atoms in total. The average Bonchev–Trinajstić information content (AvgIpc) is 3.26. The van der Waals surface area contributed by atoms with Crippen LogP contribution in [0.2, 0.25) is 5.02 Å². The van der Waals surface area contributed by atoms with Crippen molar-refractivity contribution < 1.29 is 19.1 Å². The molecular formula is C18H21ClN2O4. The number of anilines is 1. The number of carbonyl (C=O) groups excluding carboxylic acids is 3. The van der Waals surface area contributed by atoms with Gasteiger partial charge in [0.25, 0.3) is 5.91 Å². The van der Waals surface area contributed by atoms with E-state index >= 15 is 0 Å². The maximum atomic E-state index is 12.4. The molecule has 1 aromatic carbocycles. The Morgan fingerprint density at radius 1 is 1.16 bits per heavy atom. The average molecular weight is 365 g/mol. The highest BCUT2D eigenvalue weighted by atomic mass is 35.5. The Balaban J connectivity index is 1.71. The molecular weight excluding hydrogens is 344 g/mol. The molecule has 0 spiro atoms. The Bertz CT molecular complexity index is 700. The van der Waals surface area contributed by atoms with E-state index in [4.69, 9.17) is 16.3 Å². The molecule has 2 heterocycles. The van der Waals surface area contributed by atoms with Crippen molar-refractivity contribution in [1.82, 2.24) is 4.90 Å². The number of nitrogens with zero attached hydrogens (tertiary/aromatic N) is 2. The van der Waals surface area contributed by atoms with E-state index in [2.05, 4.69) is 0 Å². The lowest BCUT2D eigenvalue weighted by Crippen LogP contribution is -2.38. The van der Waals surface area contributed by atoms with Crippen LogP contribution in [-0.4, -0.2) is 48.4 Å². The monoisotopic (exact) mass is 364 g/mol. The summed E-state index contributed by atoms with van der Waals surface area (Å²) in [5, 5.41) is 0.410. The smallest absolute Gasteiger partial charge is 0.338 e. The van der Waals surface area contributed by atoms with Crippen molar-refractivity contribution in [1.29, 1.82) is 0 Å². The normalized spacial score (nSPS) is 18.6. The van der Waals surface area contributed by atoms with Gasteiger partial charge in [-0.25, -0.2) is 4.79 Å². The van der Waals surface area contributed by atoms with Gasteiger partial charge < -0.3 is 14.5 Å². The van der Waals surface area contributed by atoms with Crippen LogP contribution < -0.4 is 4.90 Å². The Labute approximate surface area is 151 Å². The highest BCUT2D eigenvalue weighted by molar-refractivity contribution is 6.34. The van der Waals surface area contributed by atoms with Gasteiger partial charge in [-0.05, 0) is 44.4 Å². The van der Waals surface area contributed by atoms with Gasteiger partial charge in [0.15, 0.2) is 6.10 Å². The number of carbonyl (C=O) groups is 3. The molecule has 3 rings (SSSR count). The number of amides is 2. The van der Waals surface area contributed by atoms with Crippen molar-refractivity contribution in [3.8, 4) is 0 Å². The molecule has 0 aliphatic carbocycles. The van der Waals surface area contributed by atoms with Crippen LogP contribution in [0.3, 0.4) is 0 Å². The fourth-order valence-corrected chi connectivity index (χ4v) is 3.44. The van der Waals surface area contributed by atoms with Crippen molar-refractivity contribution >= 4 is 35.1 Å². The molecule has 0 N–H and O–H groups in total. The van der Waals surface area contributed by atoms with E-state index in [0.29, 0.717) is 36.8 Å². The van der Waals surface area contributed by atoms with Gasteiger partial charge in [0.05, 0.1) is 16.3 Å². The molecule has 2 amide bonds. The number of halogens is 1. The van der Waals surface area contributed by atoms with Gasteiger partial charge >= 0.3 is 5.97 Å². The maximum absolute atomic E-state index is 12.4. The van der Waals surface area contributed by atoms with Crippen LogP contribution in [0.4, 0.5) is 5.69 Å². The SMILES string of the molecule is C[C@H](OC(=O)c1ccc(Cl)c(N2CCCC2=O)c1)C(=O)N1CCCC1. The second kappa shape index (κ2) is 7.44. The van der Waals surface area contributed by atoms with E-state index in [1.54, 1.807) is 34.9 Å². The van der Waals surface area contributed by atoms with E-state index in [-0.39, 0.29) is 17.4 Å². The molecule has 25 heavy (non-hydrogen) atoms. The molecule has 0 unspecified atom stereocenters. The molecule has 1 aromatic rings. The van der Waals surface area contributed by atoms with E-state index in [0.717, 1.165) is 19.3 Å². The lowest BCUT2D eigenvalue weighted by Gasteiger charge is -2.21. The van der Waals surface area contributed by atoms with Crippen molar-refractivity contribution in [2.75, 3.05) is 24.5 Å². The minimum atomic E-state index is -0.835. The molecule has 1 atom stereocenters. The summed E-state index contributed by atoms with van der Waals surface area (Å²) in [7, 11) is 0. The first-order valence-corrected chi connectivity index (χ1v) is 8.95. The standard InChI is InChI=1S/C18H21ClN2O4/c1-12(17(23)20-8-2-3-9-20)25-18(24)13-6-7-14(19)15(11-13)21-10-4-5-16(21)22/h6-7,11-12H,2-5,8-10H2,1H3/t12-/m0/s1. The quantitative estimate of drug-likeness (QED) is 0.770. The number of hydrogen-bond acceptors (Lipinski definition) is 4. The first-order chi connectivity index (χ1) is 12.0. The molecule has 2 fully saturated rings. The van der Waals surface area contributed by atoms with Crippen LogP contribution >= 0.6 is 11.6 Å². The highest BCUT2D eigenvalue weighted by Gasteiger charge is 2.28. The zero-order valence-corrected chi connectivity index (χ0v) is 14.9. The Hall–Kier alpha value is -2.08. The van der Waals surface area contributed by atoms with Crippen LogP contribution in [0.5, 0.6) is 0 Å². The second-order valence-corrected chi connectivity index (χ2v) is 6.80. The van der Waals surface area contributed by atoms with Gasteiger partial charge in [-0.1, -0.05) is 11.6 Å². The summed E-state index contributed by atoms with van der Waals surface area (Å²) >= 11 is 6.18. The molecule has 134 valence electrons. The lowest BCUT2D eigenvalue weighted by molar-refractivity contribution is -0.138. The van der Waals surface area contributed by atoms with Crippen molar-refractivity contribution in [3.63, 3.8) is 0 Å². The van der Waals surface area contributed by atoms with Gasteiger partial charge in [0.1, 0.15) is 0 Å². The van der Waals surface area contributed by atoms with Crippen LogP contribution in [0.25, 0.3) is 0 Å². The van der Waals surface area contributed by atoms with E-state index < -0.39 is 12.1 Å². The van der Waals surface area contributed by atoms with Crippen LogP contribution in [0, 0.1) is 0 Å². The van der Waals surface area contributed by atoms with Gasteiger partial charge in [0.2, 0.25) is 5.91 Å². The lowest BCUT2D eigenvalue weighted by atomic mass is 10.2. The van der Waals surface area contributed by atoms with Crippen LogP contribution in [0.15, 0.2) is 18.2 Å². The van der Waals surface area contributed by atoms with E-state index in [1.165, 1.54) is 0 Å². The first kappa shape index (κ1) is 17.7. The number of hydrogen-bond donors (Lipinski definition) is 0. The third kappa shape index (κ3) is 3.79. The fourth-order valence-electron chi connectivity index (χ4n) is 3.22. The molecule has 2 aliphatic heterocycles. The summed E-state index contributed by atoms with van der Waals surface area (Å²) in [5.74, 6) is -0.774. The summed E-state index contributed by atoms with van der Waals surface area (Å²) < 4.78 is 5.32. The Kier molecular flexibility index (Phi) is 5.27. The Morgan fingerprint density at radius 2 is 1.88 bits per heavy atom. The zero-order valence-electron chi connectivity index (χ0n) is 14.2. The van der Waals surface area contributed by atoms with Crippen molar-refractivity contribution in [2.24, 2.45) is 0 Å². The summed E-state index contributed by atoms with van der Waals surface area (Å²) in [4.78, 5) is 39.9. The second-order valence-electron chi connectivity index (χ2n) is 6.40. The number of rotatable bonds is 4. The molecule has 0 saturated carbocycles. The largest absolute Gasteiger partial charge is 0.449 e. The molecule has 7 heteroatoms. The number of ether oxygens (including phenoxy) is 1. The topological polar surface area (TPSA) is 66.9 Å². The predicted molar refractivity (Wildman–Crippen MR) is 93.7 cm³/mol.